The summed E-state index contributed by atoms with van der Waals surface area (Å²) in [7, 11) is 1.61. The van der Waals surface area contributed by atoms with Crippen LogP contribution >= 0.6 is 0 Å². The maximum Gasteiger partial charge on any atom is 0.272 e. The molecule has 0 aromatic carbocycles. The van der Waals surface area contributed by atoms with Crippen molar-refractivity contribution in [3.63, 3.8) is 0 Å². The lowest BCUT2D eigenvalue weighted by atomic mass is 9.95. The predicted octanol–water partition coefficient (Wildman–Crippen LogP) is 1.42. The van der Waals surface area contributed by atoms with Gasteiger partial charge in [-0.2, -0.15) is 5.10 Å². The fourth-order valence-electron chi connectivity index (χ4n) is 2.90. The molecular weight excluding hydrogens is 346 g/mol. The first-order valence-electron chi connectivity index (χ1n) is 9.55. The van der Waals surface area contributed by atoms with Crippen molar-refractivity contribution < 1.29 is 14.4 Å². The predicted molar refractivity (Wildman–Crippen MR) is 102 cm³/mol. The summed E-state index contributed by atoms with van der Waals surface area (Å²) in [5.41, 5.74) is -0.548. The van der Waals surface area contributed by atoms with Crippen LogP contribution in [0.2, 0.25) is 0 Å². The molecule has 2 atom stereocenters. The van der Waals surface area contributed by atoms with Crippen LogP contribution in [0.1, 0.15) is 68.4 Å². The van der Waals surface area contributed by atoms with Crippen LogP contribution in [0.4, 0.5) is 0 Å². The lowest BCUT2D eigenvalue weighted by molar-refractivity contribution is -0.132. The molecule has 150 valence electrons. The number of hydrogen-bond donors (Lipinski definition) is 2. The molecule has 0 unspecified atom stereocenters. The van der Waals surface area contributed by atoms with Gasteiger partial charge in [-0.1, -0.05) is 20.8 Å². The smallest absolute Gasteiger partial charge is 0.272 e. The topological polar surface area (TPSA) is 96.3 Å². The molecule has 0 saturated heterocycles. The highest BCUT2D eigenvalue weighted by atomic mass is 16.2. The summed E-state index contributed by atoms with van der Waals surface area (Å²) < 4.78 is 1.47. The van der Waals surface area contributed by atoms with Crippen LogP contribution in [0.3, 0.4) is 0 Å². The van der Waals surface area contributed by atoms with Crippen molar-refractivity contribution >= 4 is 17.7 Å². The highest BCUT2D eigenvalue weighted by Crippen LogP contribution is 2.26. The molecule has 8 heteroatoms. The van der Waals surface area contributed by atoms with E-state index in [0.29, 0.717) is 18.2 Å². The van der Waals surface area contributed by atoms with Gasteiger partial charge in [0, 0.05) is 25.7 Å². The second-order valence-corrected chi connectivity index (χ2v) is 7.93. The Bertz CT molecular complexity index is 727. The van der Waals surface area contributed by atoms with Gasteiger partial charge in [0.15, 0.2) is 5.69 Å². The average molecular weight is 377 g/mol. The SMILES string of the molecule is CC[C@H](C)NC(=O)c1cc2n(n1)C[C@@](C)(C(=O)NCCC(C)C)N(C)C2=O. The summed E-state index contributed by atoms with van der Waals surface area (Å²) in [6.45, 7) is 10.5. The van der Waals surface area contributed by atoms with Gasteiger partial charge in [0.1, 0.15) is 11.2 Å². The maximum absolute atomic E-state index is 12.8. The largest absolute Gasteiger partial charge is 0.354 e. The first-order chi connectivity index (χ1) is 12.6. The molecule has 2 N–H and O–H groups in total. The Morgan fingerprint density at radius 3 is 2.59 bits per heavy atom. The van der Waals surface area contributed by atoms with Crippen molar-refractivity contribution in [3.8, 4) is 0 Å². The molecular formula is C19H31N5O3. The number of amides is 3. The summed E-state index contributed by atoms with van der Waals surface area (Å²) in [6, 6.07) is 1.51. The summed E-state index contributed by atoms with van der Waals surface area (Å²) in [5, 5.41) is 10.0. The van der Waals surface area contributed by atoms with Gasteiger partial charge in [-0.25, -0.2) is 0 Å². The van der Waals surface area contributed by atoms with Crippen LogP contribution in [0.15, 0.2) is 6.07 Å². The van der Waals surface area contributed by atoms with Gasteiger partial charge < -0.3 is 15.5 Å². The van der Waals surface area contributed by atoms with Crippen LogP contribution in [-0.2, 0) is 11.3 Å². The molecule has 0 fully saturated rings. The standard InChI is InChI=1S/C19H31N5O3/c1-7-13(4)21-16(25)14-10-15-17(26)23(6)19(5,11-24(15)22-14)18(27)20-9-8-12(2)3/h10,12-13H,7-9,11H2,1-6H3,(H,20,27)(H,21,25)/t13-,19-/m0/s1. The molecule has 0 aliphatic carbocycles. The molecule has 1 aliphatic rings. The fraction of sp³-hybridized carbons (Fsp3) is 0.684. The highest BCUT2D eigenvalue weighted by Gasteiger charge is 2.46. The lowest BCUT2D eigenvalue weighted by Crippen LogP contribution is -2.62. The van der Waals surface area contributed by atoms with E-state index in [1.165, 1.54) is 15.6 Å². The quantitative estimate of drug-likeness (QED) is 0.751. The van der Waals surface area contributed by atoms with Crippen molar-refractivity contribution in [1.82, 2.24) is 25.3 Å². The van der Waals surface area contributed by atoms with Crippen LogP contribution in [-0.4, -0.2) is 57.6 Å². The molecule has 0 radical (unpaired) electrons. The van der Waals surface area contributed by atoms with Crippen LogP contribution in [0, 0.1) is 5.92 Å². The van der Waals surface area contributed by atoms with E-state index in [1.807, 2.05) is 13.8 Å². The molecule has 1 aromatic heterocycles. The zero-order valence-electron chi connectivity index (χ0n) is 17.1. The van der Waals surface area contributed by atoms with Gasteiger partial charge in [0.25, 0.3) is 11.8 Å². The third kappa shape index (κ3) is 4.31. The Balaban J connectivity index is 2.21. The maximum atomic E-state index is 12.8. The van der Waals surface area contributed by atoms with Crippen LogP contribution in [0.5, 0.6) is 0 Å². The molecule has 0 spiro atoms. The number of nitrogens with zero attached hydrogens (tertiary/aromatic N) is 3. The number of aromatic nitrogens is 2. The summed E-state index contributed by atoms with van der Waals surface area (Å²) in [6.07, 6.45) is 1.67. The molecule has 1 aromatic rings. The number of carbonyl (C=O) groups excluding carboxylic acids is 3. The molecule has 2 heterocycles. The van der Waals surface area contributed by atoms with Crippen molar-refractivity contribution in [2.45, 2.75) is 65.6 Å². The molecule has 27 heavy (non-hydrogen) atoms. The second-order valence-electron chi connectivity index (χ2n) is 7.93. The first-order valence-corrected chi connectivity index (χ1v) is 9.55. The van der Waals surface area contributed by atoms with Crippen LogP contribution in [0.25, 0.3) is 0 Å². The van der Waals surface area contributed by atoms with Crippen molar-refractivity contribution in [2.75, 3.05) is 13.6 Å². The zero-order chi connectivity index (χ0) is 20.4. The van der Waals surface area contributed by atoms with Gasteiger partial charge in [-0.15, -0.1) is 0 Å². The van der Waals surface area contributed by atoms with Crippen molar-refractivity contribution in [1.29, 1.82) is 0 Å². The third-order valence-corrected chi connectivity index (χ3v) is 5.22. The normalized spacial score (nSPS) is 20.4. The monoisotopic (exact) mass is 377 g/mol. The van der Waals surface area contributed by atoms with Crippen molar-refractivity contribution in [3.05, 3.63) is 17.5 Å². The van der Waals surface area contributed by atoms with Crippen LogP contribution < -0.4 is 10.6 Å². The number of rotatable bonds is 7. The highest BCUT2D eigenvalue weighted by molar-refractivity contribution is 6.01. The van der Waals surface area contributed by atoms with E-state index in [4.69, 9.17) is 0 Å². The Morgan fingerprint density at radius 2 is 2.00 bits per heavy atom. The van der Waals surface area contributed by atoms with Crippen molar-refractivity contribution in [2.24, 2.45) is 5.92 Å². The van der Waals surface area contributed by atoms with Gasteiger partial charge in [-0.05, 0) is 32.6 Å². The molecule has 0 saturated carbocycles. The molecule has 1 aliphatic heterocycles. The minimum absolute atomic E-state index is 0.0200. The fourth-order valence-corrected chi connectivity index (χ4v) is 2.90. The molecule has 0 bridgehead atoms. The summed E-state index contributed by atoms with van der Waals surface area (Å²) in [4.78, 5) is 39.3. The van der Waals surface area contributed by atoms with Gasteiger partial charge >= 0.3 is 0 Å². The van der Waals surface area contributed by atoms with E-state index in [-0.39, 0.29) is 36.0 Å². The van der Waals surface area contributed by atoms with E-state index in [2.05, 4.69) is 29.6 Å². The van der Waals surface area contributed by atoms with E-state index < -0.39 is 5.54 Å². The Kier molecular flexibility index (Phi) is 6.28. The molecule has 2 rings (SSSR count). The van der Waals surface area contributed by atoms with Gasteiger partial charge in [0.05, 0.1) is 6.54 Å². The second kappa shape index (κ2) is 8.10. The molecule has 3 amide bonds. The number of hydrogen-bond acceptors (Lipinski definition) is 4. The van der Waals surface area contributed by atoms with E-state index in [1.54, 1.807) is 14.0 Å². The lowest BCUT2D eigenvalue weighted by Gasteiger charge is -2.40. The van der Waals surface area contributed by atoms with Gasteiger partial charge in [0.2, 0.25) is 5.91 Å². The Hall–Kier alpha value is -2.38. The average Bonchev–Trinajstić information content (AvgIpc) is 3.03. The van der Waals surface area contributed by atoms with E-state index in [9.17, 15) is 14.4 Å². The number of carbonyl (C=O) groups is 3. The first kappa shape index (κ1) is 20.9. The van der Waals surface area contributed by atoms with E-state index >= 15 is 0 Å². The summed E-state index contributed by atoms with van der Waals surface area (Å²) >= 11 is 0. The number of likely N-dealkylation sites (N-methyl/N-ethyl adjacent to an activating group) is 1. The minimum Gasteiger partial charge on any atom is -0.354 e. The zero-order valence-corrected chi connectivity index (χ0v) is 17.1. The van der Waals surface area contributed by atoms with E-state index in [0.717, 1.165) is 12.8 Å². The number of fused-ring (bicyclic) bond motifs is 1. The Labute approximate surface area is 160 Å². The Morgan fingerprint density at radius 1 is 1.33 bits per heavy atom. The number of nitrogens with one attached hydrogen (secondary N) is 2. The summed E-state index contributed by atoms with van der Waals surface area (Å²) in [5.74, 6) is -0.374. The minimum atomic E-state index is -1.06. The third-order valence-electron chi connectivity index (χ3n) is 5.22. The van der Waals surface area contributed by atoms with Gasteiger partial charge in [-0.3, -0.25) is 19.1 Å². The molecule has 8 nitrogen and oxygen atoms in total.